The maximum Gasteiger partial charge on any atom is 0.191 e. The molecule has 3 rings (SSSR count). The molecule has 0 bridgehead atoms. The molecule has 1 aliphatic heterocycles. The second-order valence-corrected chi connectivity index (χ2v) is 6.52. The van der Waals surface area contributed by atoms with E-state index in [1.165, 1.54) is 6.07 Å². The second kappa shape index (κ2) is 9.73. The minimum atomic E-state index is -0.290. The van der Waals surface area contributed by atoms with Gasteiger partial charge in [0.25, 0.3) is 0 Å². The Hall–Kier alpha value is -3.09. The summed E-state index contributed by atoms with van der Waals surface area (Å²) in [5.41, 5.74) is 1.04. The maximum absolute atomic E-state index is 14.0. The fraction of sp³-hybridized carbons (Fsp3) is 0.333. The van der Waals surface area contributed by atoms with Gasteiger partial charge in [0.2, 0.25) is 0 Å². The highest BCUT2D eigenvalue weighted by atomic mass is 19.1. The van der Waals surface area contributed by atoms with Crippen molar-refractivity contribution >= 4 is 11.8 Å². The van der Waals surface area contributed by atoms with Gasteiger partial charge in [-0.25, -0.2) is 9.37 Å². The summed E-state index contributed by atoms with van der Waals surface area (Å²) < 4.78 is 19.6. The van der Waals surface area contributed by atoms with Crippen LogP contribution in [0.2, 0.25) is 0 Å². The Balaban J connectivity index is 1.55. The van der Waals surface area contributed by atoms with E-state index in [4.69, 9.17) is 4.74 Å². The number of rotatable bonds is 7. The maximum atomic E-state index is 14.0. The van der Waals surface area contributed by atoms with Gasteiger partial charge in [0.1, 0.15) is 12.4 Å². The van der Waals surface area contributed by atoms with Crippen LogP contribution in [0.15, 0.2) is 60.2 Å². The SMILES string of the molecule is C=CCOc1ccccc1CNC(=NC)NC1CCN(c2ncccc2F)C1. The van der Waals surface area contributed by atoms with Gasteiger partial charge in [0, 0.05) is 44.5 Å². The highest BCUT2D eigenvalue weighted by Crippen LogP contribution is 2.21. The number of nitrogens with one attached hydrogen (secondary N) is 2. The molecule has 1 aromatic heterocycles. The Kier molecular flexibility index (Phi) is 6.84. The number of nitrogens with zero attached hydrogens (tertiary/aromatic N) is 3. The summed E-state index contributed by atoms with van der Waals surface area (Å²) in [7, 11) is 1.74. The molecule has 0 radical (unpaired) electrons. The molecule has 1 saturated heterocycles. The van der Waals surface area contributed by atoms with Crippen molar-refractivity contribution in [2.75, 3.05) is 31.6 Å². The van der Waals surface area contributed by atoms with E-state index < -0.39 is 0 Å². The largest absolute Gasteiger partial charge is 0.489 e. The van der Waals surface area contributed by atoms with Gasteiger partial charge in [0.05, 0.1) is 0 Å². The van der Waals surface area contributed by atoms with Crippen LogP contribution in [0.3, 0.4) is 0 Å². The molecule has 0 aliphatic carbocycles. The molecular formula is C21H26FN5O. The first-order valence-electron chi connectivity index (χ1n) is 9.35. The van der Waals surface area contributed by atoms with Crippen molar-refractivity contribution in [3.63, 3.8) is 0 Å². The zero-order chi connectivity index (χ0) is 19.8. The van der Waals surface area contributed by atoms with Crippen molar-refractivity contribution in [3.8, 4) is 5.75 Å². The van der Waals surface area contributed by atoms with Gasteiger partial charge in [-0.15, -0.1) is 0 Å². The number of hydrogen-bond acceptors (Lipinski definition) is 4. The Morgan fingerprint density at radius 1 is 1.39 bits per heavy atom. The van der Waals surface area contributed by atoms with Crippen LogP contribution in [0.1, 0.15) is 12.0 Å². The topological polar surface area (TPSA) is 61.8 Å². The van der Waals surface area contributed by atoms with Crippen molar-refractivity contribution in [2.24, 2.45) is 4.99 Å². The fourth-order valence-electron chi connectivity index (χ4n) is 3.19. The van der Waals surface area contributed by atoms with Gasteiger partial charge in [-0.1, -0.05) is 30.9 Å². The standard InChI is InChI=1S/C21H26FN5O/c1-3-13-28-19-9-5-4-7-16(19)14-25-21(23-2)26-17-10-12-27(15-17)20-18(22)8-6-11-24-20/h3-9,11,17H,1,10,12-15H2,2H3,(H2,23,25,26). The van der Waals surface area contributed by atoms with E-state index in [2.05, 4.69) is 27.2 Å². The predicted octanol–water partition coefficient (Wildman–Crippen LogP) is 2.73. The van der Waals surface area contributed by atoms with Gasteiger partial charge in [-0.3, -0.25) is 4.99 Å². The van der Waals surface area contributed by atoms with Gasteiger partial charge in [-0.05, 0) is 24.6 Å². The number of benzene rings is 1. The number of pyridine rings is 1. The van der Waals surface area contributed by atoms with Crippen LogP contribution in [0.4, 0.5) is 10.2 Å². The third kappa shape index (κ3) is 5.00. The highest BCUT2D eigenvalue weighted by molar-refractivity contribution is 5.80. The first-order chi connectivity index (χ1) is 13.7. The summed E-state index contributed by atoms with van der Waals surface area (Å²) in [5.74, 6) is 1.64. The summed E-state index contributed by atoms with van der Waals surface area (Å²) in [6.45, 7) is 6.15. The van der Waals surface area contributed by atoms with Crippen molar-refractivity contribution in [3.05, 3.63) is 66.6 Å². The first-order valence-corrected chi connectivity index (χ1v) is 9.35. The molecule has 6 nitrogen and oxygen atoms in total. The zero-order valence-electron chi connectivity index (χ0n) is 16.1. The van der Waals surface area contributed by atoms with Crippen LogP contribution in [0.25, 0.3) is 0 Å². The van der Waals surface area contributed by atoms with Crippen molar-refractivity contribution in [2.45, 2.75) is 19.0 Å². The molecule has 1 unspecified atom stereocenters. The molecule has 0 amide bonds. The summed E-state index contributed by atoms with van der Waals surface area (Å²) in [6, 6.07) is 11.1. The van der Waals surface area contributed by atoms with E-state index in [-0.39, 0.29) is 11.9 Å². The van der Waals surface area contributed by atoms with Gasteiger partial charge in [-0.2, -0.15) is 0 Å². The van der Waals surface area contributed by atoms with Crippen LogP contribution in [0.5, 0.6) is 5.75 Å². The summed E-state index contributed by atoms with van der Waals surface area (Å²) in [6.07, 6.45) is 4.22. The van der Waals surface area contributed by atoms with Crippen molar-refractivity contribution in [1.82, 2.24) is 15.6 Å². The lowest BCUT2D eigenvalue weighted by molar-refractivity contribution is 0.358. The number of ether oxygens (including phenoxy) is 1. The number of aromatic nitrogens is 1. The van der Waals surface area contributed by atoms with E-state index in [0.717, 1.165) is 24.3 Å². The smallest absolute Gasteiger partial charge is 0.191 e. The third-order valence-corrected chi connectivity index (χ3v) is 4.57. The van der Waals surface area contributed by atoms with Gasteiger partial charge >= 0.3 is 0 Å². The van der Waals surface area contributed by atoms with Crippen LogP contribution in [0, 0.1) is 5.82 Å². The molecule has 2 heterocycles. The molecule has 0 spiro atoms. The van der Waals surface area contributed by atoms with Crippen LogP contribution < -0.4 is 20.3 Å². The minimum Gasteiger partial charge on any atom is -0.489 e. The van der Waals surface area contributed by atoms with Crippen LogP contribution >= 0.6 is 0 Å². The zero-order valence-corrected chi connectivity index (χ0v) is 16.1. The van der Waals surface area contributed by atoms with E-state index in [1.807, 2.05) is 29.2 Å². The van der Waals surface area contributed by atoms with Crippen molar-refractivity contribution < 1.29 is 9.13 Å². The van der Waals surface area contributed by atoms with Crippen LogP contribution in [-0.2, 0) is 6.54 Å². The number of anilines is 1. The van der Waals surface area contributed by atoms with Gasteiger partial charge < -0.3 is 20.3 Å². The van der Waals surface area contributed by atoms with E-state index in [9.17, 15) is 4.39 Å². The summed E-state index contributed by atoms with van der Waals surface area (Å²) in [4.78, 5) is 10.4. The highest BCUT2D eigenvalue weighted by Gasteiger charge is 2.25. The molecule has 2 N–H and O–H groups in total. The molecule has 28 heavy (non-hydrogen) atoms. The van der Waals surface area contributed by atoms with E-state index in [1.54, 1.807) is 25.4 Å². The molecule has 0 saturated carbocycles. The first kappa shape index (κ1) is 19.7. The normalized spacial score (nSPS) is 16.7. The predicted molar refractivity (Wildman–Crippen MR) is 110 cm³/mol. The number of para-hydroxylation sites is 1. The van der Waals surface area contributed by atoms with E-state index >= 15 is 0 Å². The molecule has 1 atom stereocenters. The Labute approximate surface area is 165 Å². The average molecular weight is 383 g/mol. The molecule has 2 aromatic rings. The molecule has 148 valence electrons. The fourth-order valence-corrected chi connectivity index (χ4v) is 3.19. The Morgan fingerprint density at radius 3 is 3.04 bits per heavy atom. The third-order valence-electron chi connectivity index (χ3n) is 4.57. The lowest BCUT2D eigenvalue weighted by Crippen LogP contribution is -2.44. The monoisotopic (exact) mass is 383 g/mol. The number of hydrogen-bond donors (Lipinski definition) is 2. The number of halogens is 1. The molecule has 1 aromatic carbocycles. The molecule has 7 heteroatoms. The second-order valence-electron chi connectivity index (χ2n) is 6.52. The lowest BCUT2D eigenvalue weighted by Gasteiger charge is -2.20. The molecular weight excluding hydrogens is 357 g/mol. The Morgan fingerprint density at radius 2 is 2.25 bits per heavy atom. The molecule has 1 aliphatic rings. The van der Waals surface area contributed by atoms with Gasteiger partial charge in [0.15, 0.2) is 17.6 Å². The minimum absolute atomic E-state index is 0.167. The summed E-state index contributed by atoms with van der Waals surface area (Å²) >= 11 is 0. The number of guanidine groups is 1. The van der Waals surface area contributed by atoms with Crippen LogP contribution in [-0.4, -0.2) is 43.7 Å². The quantitative estimate of drug-likeness (QED) is 0.437. The number of aliphatic imine (C=N–C) groups is 1. The lowest BCUT2D eigenvalue weighted by atomic mass is 10.2. The Bertz CT molecular complexity index is 826. The average Bonchev–Trinajstić information content (AvgIpc) is 3.18. The molecule has 1 fully saturated rings. The summed E-state index contributed by atoms with van der Waals surface area (Å²) in [5, 5.41) is 6.73. The van der Waals surface area contributed by atoms with E-state index in [0.29, 0.717) is 31.5 Å². The van der Waals surface area contributed by atoms with Crippen molar-refractivity contribution in [1.29, 1.82) is 0 Å².